The summed E-state index contributed by atoms with van der Waals surface area (Å²) in [6.07, 6.45) is 5.42. The Balaban J connectivity index is 1.33. The SMILES string of the molecule is CCOC(=O)OCOc1ccc2c(c1)[C@]13CCCC[C@@H]1[C@H](C2)N(C(=O)OCc1ccccc1)CC3. The zero-order valence-electron chi connectivity index (χ0n) is 20.2. The molecule has 2 aromatic carbocycles. The molecule has 1 saturated carbocycles. The van der Waals surface area contributed by atoms with E-state index in [-0.39, 0.29) is 30.9 Å². The minimum atomic E-state index is -0.731. The van der Waals surface area contributed by atoms with E-state index in [4.69, 9.17) is 18.9 Å². The number of likely N-dealkylation sites (tertiary alicyclic amines) is 1. The first-order chi connectivity index (χ1) is 17.1. The van der Waals surface area contributed by atoms with E-state index < -0.39 is 6.16 Å². The third-order valence-corrected chi connectivity index (χ3v) is 7.91. The number of benzene rings is 2. The Morgan fingerprint density at radius 1 is 1.03 bits per heavy atom. The predicted molar refractivity (Wildman–Crippen MR) is 129 cm³/mol. The maximum absolute atomic E-state index is 13.2. The molecule has 2 aromatic rings. The van der Waals surface area contributed by atoms with Gasteiger partial charge in [-0.2, -0.15) is 0 Å². The Kier molecular flexibility index (Phi) is 6.84. The summed E-state index contributed by atoms with van der Waals surface area (Å²) >= 11 is 0. The minimum absolute atomic E-state index is 0.0497. The lowest BCUT2D eigenvalue weighted by atomic mass is 9.52. The standard InChI is InChI=1S/C28H33NO6/c1-2-32-27(31)35-19-34-22-12-11-21-16-25-23-10-6-7-13-28(23,24(21)17-22)14-15-29(25)26(30)33-18-20-8-4-3-5-9-20/h3-5,8-9,11-12,17,23,25H,2,6-7,10,13-16,18-19H2,1H3/t23-,25+,28+/m1/s1. The summed E-state index contributed by atoms with van der Waals surface area (Å²) in [7, 11) is 0. The van der Waals surface area contributed by atoms with E-state index in [0.717, 1.165) is 31.2 Å². The molecule has 7 heteroatoms. The number of carbonyl (C=O) groups excluding carboxylic acids is 2. The van der Waals surface area contributed by atoms with E-state index in [1.165, 1.54) is 24.0 Å². The van der Waals surface area contributed by atoms with Crippen LogP contribution in [0.1, 0.15) is 55.7 Å². The molecule has 186 valence electrons. The molecule has 1 aliphatic heterocycles. The monoisotopic (exact) mass is 479 g/mol. The molecule has 1 heterocycles. The van der Waals surface area contributed by atoms with Gasteiger partial charge in [-0.25, -0.2) is 9.59 Å². The van der Waals surface area contributed by atoms with Gasteiger partial charge in [-0.15, -0.1) is 0 Å². The molecule has 7 nitrogen and oxygen atoms in total. The number of ether oxygens (including phenoxy) is 4. The molecule has 2 bridgehead atoms. The fraction of sp³-hybridized carbons (Fsp3) is 0.500. The summed E-state index contributed by atoms with van der Waals surface area (Å²) in [4.78, 5) is 26.6. The number of fused-ring (bicyclic) bond motifs is 1. The van der Waals surface area contributed by atoms with Crippen molar-refractivity contribution >= 4 is 12.2 Å². The summed E-state index contributed by atoms with van der Waals surface area (Å²) in [5.41, 5.74) is 3.66. The summed E-state index contributed by atoms with van der Waals surface area (Å²) in [6.45, 7) is 2.81. The maximum atomic E-state index is 13.2. The van der Waals surface area contributed by atoms with Crippen LogP contribution in [0.4, 0.5) is 9.59 Å². The van der Waals surface area contributed by atoms with Gasteiger partial charge >= 0.3 is 12.2 Å². The lowest BCUT2D eigenvalue weighted by molar-refractivity contribution is -0.0143. The molecule has 3 atom stereocenters. The first kappa shape index (κ1) is 23.5. The third-order valence-electron chi connectivity index (χ3n) is 7.91. The molecule has 1 saturated heterocycles. The van der Waals surface area contributed by atoms with Gasteiger partial charge in [-0.1, -0.05) is 49.2 Å². The Bertz CT molecular complexity index is 1060. The molecule has 0 unspecified atom stereocenters. The third kappa shape index (κ3) is 4.68. The van der Waals surface area contributed by atoms with Gasteiger partial charge in [0, 0.05) is 18.0 Å². The van der Waals surface area contributed by atoms with Crippen molar-refractivity contribution in [3.8, 4) is 5.75 Å². The highest BCUT2D eigenvalue weighted by atomic mass is 16.8. The number of rotatable bonds is 6. The fourth-order valence-electron chi connectivity index (χ4n) is 6.41. The van der Waals surface area contributed by atoms with E-state index in [9.17, 15) is 9.59 Å². The van der Waals surface area contributed by atoms with Gasteiger partial charge in [-0.3, -0.25) is 0 Å². The van der Waals surface area contributed by atoms with Crippen LogP contribution < -0.4 is 4.74 Å². The zero-order chi connectivity index (χ0) is 24.3. The second kappa shape index (κ2) is 10.2. The van der Waals surface area contributed by atoms with Crippen molar-refractivity contribution in [1.82, 2.24) is 4.90 Å². The summed E-state index contributed by atoms with van der Waals surface area (Å²) < 4.78 is 21.2. The maximum Gasteiger partial charge on any atom is 0.511 e. The topological polar surface area (TPSA) is 74.3 Å². The second-order valence-corrected chi connectivity index (χ2v) is 9.67. The highest BCUT2D eigenvalue weighted by molar-refractivity contribution is 5.69. The largest absolute Gasteiger partial charge is 0.511 e. The molecule has 1 amide bonds. The van der Waals surface area contributed by atoms with Gasteiger partial charge < -0.3 is 23.8 Å². The summed E-state index contributed by atoms with van der Waals surface area (Å²) in [6, 6.07) is 16.1. The predicted octanol–water partition coefficient (Wildman–Crippen LogP) is 5.59. The van der Waals surface area contributed by atoms with Crippen molar-refractivity contribution in [3.63, 3.8) is 0 Å². The van der Waals surface area contributed by atoms with Crippen molar-refractivity contribution in [2.24, 2.45) is 5.92 Å². The molecule has 0 spiro atoms. The average molecular weight is 480 g/mol. The van der Waals surface area contributed by atoms with Crippen LogP contribution >= 0.6 is 0 Å². The van der Waals surface area contributed by atoms with Crippen LogP contribution in [0.25, 0.3) is 0 Å². The van der Waals surface area contributed by atoms with E-state index in [2.05, 4.69) is 12.1 Å². The van der Waals surface area contributed by atoms with Crippen LogP contribution in [-0.2, 0) is 32.7 Å². The normalized spacial score (nSPS) is 24.5. The van der Waals surface area contributed by atoms with Crippen molar-refractivity contribution in [1.29, 1.82) is 0 Å². The van der Waals surface area contributed by atoms with Crippen molar-refractivity contribution in [2.45, 2.75) is 63.5 Å². The number of carbonyl (C=O) groups is 2. The van der Waals surface area contributed by atoms with Gasteiger partial charge in [0.25, 0.3) is 0 Å². The van der Waals surface area contributed by atoms with E-state index in [0.29, 0.717) is 24.8 Å². The van der Waals surface area contributed by atoms with Crippen LogP contribution in [0.3, 0.4) is 0 Å². The number of hydrogen-bond donors (Lipinski definition) is 0. The van der Waals surface area contributed by atoms with E-state index in [1.807, 2.05) is 41.3 Å². The first-order valence-corrected chi connectivity index (χ1v) is 12.6. The van der Waals surface area contributed by atoms with Crippen LogP contribution in [0.2, 0.25) is 0 Å². The first-order valence-electron chi connectivity index (χ1n) is 12.6. The summed E-state index contributed by atoms with van der Waals surface area (Å²) in [5, 5.41) is 0. The number of amides is 1. The molecule has 0 N–H and O–H groups in total. The van der Waals surface area contributed by atoms with Crippen molar-refractivity contribution < 1.29 is 28.5 Å². The lowest BCUT2D eigenvalue weighted by Gasteiger charge is -2.58. The quantitative estimate of drug-likeness (QED) is 0.397. The van der Waals surface area contributed by atoms with Gasteiger partial charge in [0.15, 0.2) is 0 Å². The van der Waals surface area contributed by atoms with E-state index in [1.54, 1.807) is 6.92 Å². The molecule has 5 rings (SSSR count). The Morgan fingerprint density at radius 3 is 2.71 bits per heavy atom. The number of nitrogens with zero attached hydrogens (tertiary/aromatic N) is 1. The highest BCUT2D eigenvalue weighted by Gasteiger charge is 2.55. The molecule has 35 heavy (non-hydrogen) atoms. The smallest absolute Gasteiger partial charge is 0.457 e. The van der Waals surface area contributed by atoms with Gasteiger partial charge in [0.05, 0.1) is 6.61 Å². The van der Waals surface area contributed by atoms with Crippen molar-refractivity contribution in [2.75, 3.05) is 19.9 Å². The zero-order valence-corrected chi connectivity index (χ0v) is 20.2. The fourth-order valence-corrected chi connectivity index (χ4v) is 6.41. The Morgan fingerprint density at radius 2 is 1.89 bits per heavy atom. The lowest BCUT2D eigenvalue weighted by Crippen LogP contribution is -2.62. The molecule has 3 aliphatic rings. The Labute approximate surface area is 206 Å². The van der Waals surface area contributed by atoms with Crippen LogP contribution in [0.5, 0.6) is 5.75 Å². The van der Waals surface area contributed by atoms with Gasteiger partial charge in [0.2, 0.25) is 6.79 Å². The number of piperidine rings is 1. The van der Waals surface area contributed by atoms with Crippen LogP contribution in [0.15, 0.2) is 48.5 Å². The average Bonchev–Trinajstić information content (AvgIpc) is 2.88. The van der Waals surface area contributed by atoms with Crippen molar-refractivity contribution in [3.05, 3.63) is 65.2 Å². The number of hydrogen-bond acceptors (Lipinski definition) is 6. The molecular formula is C28H33NO6. The minimum Gasteiger partial charge on any atom is -0.457 e. The molecular weight excluding hydrogens is 446 g/mol. The molecule has 0 aromatic heterocycles. The van der Waals surface area contributed by atoms with Crippen LogP contribution in [0, 0.1) is 5.92 Å². The Hall–Kier alpha value is -3.22. The highest BCUT2D eigenvalue weighted by Crippen LogP contribution is 2.56. The summed E-state index contributed by atoms with van der Waals surface area (Å²) in [5.74, 6) is 1.10. The van der Waals surface area contributed by atoms with Gasteiger partial charge in [0.1, 0.15) is 12.4 Å². The molecule has 2 fully saturated rings. The molecule has 0 radical (unpaired) electrons. The van der Waals surface area contributed by atoms with E-state index >= 15 is 0 Å². The molecule has 2 aliphatic carbocycles. The van der Waals surface area contributed by atoms with Gasteiger partial charge in [-0.05, 0) is 67.3 Å². The van der Waals surface area contributed by atoms with Crippen LogP contribution in [-0.4, -0.2) is 43.1 Å². The second-order valence-electron chi connectivity index (χ2n) is 9.67.